The van der Waals surface area contributed by atoms with Crippen LogP contribution in [0, 0.1) is 0 Å². The molecule has 1 aliphatic carbocycles. The van der Waals surface area contributed by atoms with Crippen LogP contribution in [0.25, 0.3) is 0 Å². The molecule has 120 valence electrons. The number of carbonyl (C=O) groups is 2. The van der Waals surface area contributed by atoms with Gasteiger partial charge in [-0.15, -0.1) is 0 Å². The maximum atomic E-state index is 12.5. The van der Waals surface area contributed by atoms with E-state index in [1.807, 2.05) is 9.80 Å². The van der Waals surface area contributed by atoms with Crippen molar-refractivity contribution in [2.45, 2.75) is 51.1 Å². The Balaban J connectivity index is 1.73. The number of aromatic nitrogens is 2. The van der Waals surface area contributed by atoms with Crippen LogP contribution in [0.15, 0.2) is 18.7 Å². The molecule has 1 aromatic heterocycles. The van der Waals surface area contributed by atoms with Gasteiger partial charge in [0.2, 0.25) is 11.8 Å². The monoisotopic (exact) mass is 304 g/mol. The van der Waals surface area contributed by atoms with Crippen LogP contribution in [0.3, 0.4) is 0 Å². The van der Waals surface area contributed by atoms with E-state index in [0.717, 1.165) is 25.7 Å². The van der Waals surface area contributed by atoms with Gasteiger partial charge in [-0.3, -0.25) is 9.59 Å². The lowest BCUT2D eigenvalue weighted by Crippen LogP contribution is -2.65. The first-order valence-corrected chi connectivity index (χ1v) is 8.12. The second kappa shape index (κ2) is 6.10. The number of piperazine rings is 1. The molecule has 1 aromatic rings. The lowest BCUT2D eigenvalue weighted by molar-refractivity contribution is -0.150. The minimum Gasteiger partial charge on any atom is -0.337 e. The van der Waals surface area contributed by atoms with Crippen LogP contribution in [0.4, 0.5) is 0 Å². The van der Waals surface area contributed by atoms with Gasteiger partial charge in [-0.2, -0.15) is 0 Å². The lowest BCUT2D eigenvalue weighted by Gasteiger charge is -2.52. The number of imidazole rings is 1. The molecule has 0 unspecified atom stereocenters. The molecule has 3 rings (SSSR count). The molecule has 0 bridgehead atoms. The maximum Gasteiger partial charge on any atom is 0.242 e. The fourth-order valence-corrected chi connectivity index (χ4v) is 3.96. The highest BCUT2D eigenvalue weighted by molar-refractivity contribution is 5.78. The normalized spacial score (nSPS) is 21.1. The summed E-state index contributed by atoms with van der Waals surface area (Å²) in [5.41, 5.74) is -0.132. The summed E-state index contributed by atoms with van der Waals surface area (Å²) >= 11 is 0. The van der Waals surface area contributed by atoms with Crippen LogP contribution in [0.1, 0.15) is 39.0 Å². The number of amides is 2. The molecule has 22 heavy (non-hydrogen) atoms. The Morgan fingerprint density at radius 3 is 2.59 bits per heavy atom. The third kappa shape index (κ3) is 2.87. The third-order valence-corrected chi connectivity index (χ3v) is 5.05. The molecule has 1 spiro atoms. The maximum absolute atomic E-state index is 12.5. The van der Waals surface area contributed by atoms with Crippen molar-refractivity contribution in [1.29, 1.82) is 0 Å². The van der Waals surface area contributed by atoms with E-state index in [1.54, 1.807) is 30.2 Å². The Hall–Kier alpha value is -1.85. The standard InChI is InChI=1S/C16H24N4O2/c1-14(21)20-10-9-19(12-16(20)5-3-2-4-6-16)15(22)11-18-8-7-17-13-18/h7-8,13H,2-6,9-12H2,1H3. The van der Waals surface area contributed by atoms with Crippen molar-refractivity contribution < 1.29 is 9.59 Å². The van der Waals surface area contributed by atoms with Crippen LogP contribution >= 0.6 is 0 Å². The molecule has 1 saturated carbocycles. The summed E-state index contributed by atoms with van der Waals surface area (Å²) in [6, 6.07) is 0. The van der Waals surface area contributed by atoms with Crippen molar-refractivity contribution in [1.82, 2.24) is 19.4 Å². The van der Waals surface area contributed by atoms with Gasteiger partial charge >= 0.3 is 0 Å². The molecule has 2 fully saturated rings. The first kappa shape index (κ1) is 15.1. The Morgan fingerprint density at radius 2 is 1.95 bits per heavy atom. The molecule has 0 N–H and O–H groups in total. The quantitative estimate of drug-likeness (QED) is 0.827. The van der Waals surface area contributed by atoms with E-state index in [2.05, 4.69) is 4.98 Å². The number of carbonyl (C=O) groups excluding carboxylic acids is 2. The van der Waals surface area contributed by atoms with Gasteiger partial charge in [0.25, 0.3) is 0 Å². The van der Waals surface area contributed by atoms with Gasteiger partial charge in [-0.25, -0.2) is 4.98 Å². The van der Waals surface area contributed by atoms with Gasteiger partial charge in [-0.05, 0) is 12.8 Å². The molecular formula is C16H24N4O2. The molecular weight excluding hydrogens is 280 g/mol. The molecule has 2 heterocycles. The van der Waals surface area contributed by atoms with E-state index in [1.165, 1.54) is 6.42 Å². The zero-order chi connectivity index (χ0) is 15.6. The van der Waals surface area contributed by atoms with Gasteiger partial charge in [0, 0.05) is 39.0 Å². The van der Waals surface area contributed by atoms with Crippen molar-refractivity contribution >= 4 is 11.8 Å². The summed E-state index contributed by atoms with van der Waals surface area (Å²) in [7, 11) is 0. The van der Waals surface area contributed by atoms with Crippen LogP contribution < -0.4 is 0 Å². The summed E-state index contributed by atoms with van der Waals surface area (Å²) < 4.78 is 1.80. The average molecular weight is 304 g/mol. The second-order valence-electron chi connectivity index (χ2n) is 6.51. The van der Waals surface area contributed by atoms with Crippen molar-refractivity contribution in [3.8, 4) is 0 Å². The summed E-state index contributed by atoms with van der Waals surface area (Å²) in [4.78, 5) is 32.5. The molecule has 0 atom stereocenters. The topological polar surface area (TPSA) is 58.4 Å². The third-order valence-electron chi connectivity index (χ3n) is 5.05. The summed E-state index contributed by atoms with van der Waals surface area (Å²) in [5, 5.41) is 0. The SMILES string of the molecule is CC(=O)N1CCN(C(=O)Cn2ccnc2)CC12CCCCC2. The van der Waals surface area contributed by atoms with Crippen molar-refractivity contribution in [2.75, 3.05) is 19.6 Å². The van der Waals surface area contributed by atoms with Crippen molar-refractivity contribution in [2.24, 2.45) is 0 Å². The van der Waals surface area contributed by atoms with Crippen molar-refractivity contribution in [3.63, 3.8) is 0 Å². The highest BCUT2D eigenvalue weighted by Crippen LogP contribution is 2.36. The van der Waals surface area contributed by atoms with Gasteiger partial charge in [0.15, 0.2) is 0 Å². The Bertz CT molecular complexity index is 534. The molecule has 2 aliphatic rings. The van der Waals surface area contributed by atoms with E-state index in [9.17, 15) is 9.59 Å². The Kier molecular flexibility index (Phi) is 4.18. The molecule has 6 nitrogen and oxygen atoms in total. The zero-order valence-electron chi connectivity index (χ0n) is 13.2. The lowest BCUT2D eigenvalue weighted by atomic mass is 9.78. The summed E-state index contributed by atoms with van der Waals surface area (Å²) in [6.07, 6.45) is 10.7. The van der Waals surface area contributed by atoms with Crippen LogP contribution in [-0.4, -0.2) is 56.3 Å². The number of hydrogen-bond acceptors (Lipinski definition) is 3. The highest BCUT2D eigenvalue weighted by atomic mass is 16.2. The van der Waals surface area contributed by atoms with Gasteiger partial charge in [-0.1, -0.05) is 19.3 Å². The average Bonchev–Trinajstić information content (AvgIpc) is 3.00. The van der Waals surface area contributed by atoms with Gasteiger partial charge in [0.1, 0.15) is 6.54 Å². The minimum absolute atomic E-state index is 0.117. The molecule has 2 amide bonds. The predicted molar refractivity (Wildman–Crippen MR) is 82.0 cm³/mol. The summed E-state index contributed by atoms with van der Waals surface area (Å²) in [5.74, 6) is 0.259. The van der Waals surface area contributed by atoms with Gasteiger partial charge in [0.05, 0.1) is 11.9 Å². The fourth-order valence-electron chi connectivity index (χ4n) is 3.96. The van der Waals surface area contributed by atoms with E-state index in [0.29, 0.717) is 26.2 Å². The molecule has 6 heteroatoms. The van der Waals surface area contributed by atoms with E-state index < -0.39 is 0 Å². The van der Waals surface area contributed by atoms with Crippen molar-refractivity contribution in [3.05, 3.63) is 18.7 Å². The first-order valence-electron chi connectivity index (χ1n) is 8.12. The number of hydrogen-bond donors (Lipinski definition) is 0. The molecule has 0 radical (unpaired) electrons. The molecule has 1 saturated heterocycles. The number of rotatable bonds is 2. The zero-order valence-corrected chi connectivity index (χ0v) is 13.2. The van der Waals surface area contributed by atoms with Gasteiger partial charge < -0.3 is 14.4 Å². The number of nitrogens with zero attached hydrogens (tertiary/aromatic N) is 4. The van der Waals surface area contributed by atoms with Crippen LogP contribution in [0.2, 0.25) is 0 Å². The van der Waals surface area contributed by atoms with Crippen LogP contribution in [0.5, 0.6) is 0 Å². The summed E-state index contributed by atoms with van der Waals surface area (Å²) in [6.45, 7) is 3.95. The van der Waals surface area contributed by atoms with E-state index >= 15 is 0 Å². The molecule has 1 aliphatic heterocycles. The second-order valence-corrected chi connectivity index (χ2v) is 6.51. The largest absolute Gasteiger partial charge is 0.337 e. The Morgan fingerprint density at radius 1 is 1.18 bits per heavy atom. The van der Waals surface area contributed by atoms with Crippen LogP contribution in [-0.2, 0) is 16.1 Å². The smallest absolute Gasteiger partial charge is 0.242 e. The van der Waals surface area contributed by atoms with E-state index in [-0.39, 0.29) is 17.4 Å². The van der Waals surface area contributed by atoms with E-state index in [4.69, 9.17) is 0 Å². The first-order chi connectivity index (χ1) is 10.6. The highest BCUT2D eigenvalue weighted by Gasteiger charge is 2.44. The fraction of sp³-hybridized carbons (Fsp3) is 0.688. The molecule has 0 aromatic carbocycles. The Labute approximate surface area is 131 Å². The minimum atomic E-state index is -0.132. The predicted octanol–water partition coefficient (Wildman–Crippen LogP) is 1.28.